The quantitative estimate of drug-likeness (QED) is 0.543. The topological polar surface area (TPSA) is 74.6 Å². The van der Waals surface area contributed by atoms with Crippen molar-refractivity contribution in [1.29, 1.82) is 0 Å². The summed E-state index contributed by atoms with van der Waals surface area (Å²) in [5.74, 6) is -0.965. The van der Waals surface area contributed by atoms with Crippen LogP contribution in [0.15, 0.2) is 35.2 Å². The predicted octanol–water partition coefficient (Wildman–Crippen LogP) is 4.08. The van der Waals surface area contributed by atoms with E-state index < -0.39 is 17.5 Å². The number of aliphatic hydroxyl groups is 1. The zero-order valence-electron chi connectivity index (χ0n) is 13.1. The molecule has 0 spiro atoms. The van der Waals surface area contributed by atoms with Gasteiger partial charge in [0.05, 0.1) is 6.16 Å². The van der Waals surface area contributed by atoms with Gasteiger partial charge < -0.3 is 10.2 Å². The van der Waals surface area contributed by atoms with Crippen molar-refractivity contribution in [3.63, 3.8) is 0 Å². The van der Waals surface area contributed by atoms with Gasteiger partial charge in [0, 0.05) is 16.6 Å². The molecular weight excluding hydrogens is 331 g/mol. The zero-order chi connectivity index (χ0) is 16.7. The van der Waals surface area contributed by atoms with E-state index >= 15 is 0 Å². The van der Waals surface area contributed by atoms with Gasteiger partial charge in [-0.25, -0.2) is 4.79 Å². The van der Waals surface area contributed by atoms with Gasteiger partial charge in [0.2, 0.25) is 0 Å². The molecule has 1 aromatic carbocycles. The first-order valence-corrected chi connectivity index (χ1v) is 9.99. The second-order valence-corrected chi connectivity index (χ2v) is 7.81. The Morgan fingerprint density at radius 1 is 1.26 bits per heavy atom. The lowest BCUT2D eigenvalue weighted by Crippen LogP contribution is -2.52. The van der Waals surface area contributed by atoms with Crippen molar-refractivity contribution < 1.29 is 19.6 Å². The van der Waals surface area contributed by atoms with Crippen molar-refractivity contribution in [2.24, 2.45) is 11.8 Å². The molecule has 6 heteroatoms. The molecule has 0 saturated heterocycles. The standard InChI is InChI=1S/C17H23O4PS/c18-16(19)17(20,12-22-21)15(13-7-3-1-4-8-13)11-23-14-9-5-2-6-10-14/h2,5-6,9-10,13,15,20H,1,3-4,7-8,11-12H2,(H,18,19). The van der Waals surface area contributed by atoms with Crippen LogP contribution in [-0.4, -0.2) is 33.7 Å². The van der Waals surface area contributed by atoms with Gasteiger partial charge in [-0.1, -0.05) is 50.3 Å². The molecule has 4 nitrogen and oxygen atoms in total. The van der Waals surface area contributed by atoms with Gasteiger partial charge in [0.25, 0.3) is 0 Å². The smallest absolute Gasteiger partial charge is 0.336 e. The van der Waals surface area contributed by atoms with Gasteiger partial charge in [0.15, 0.2) is 14.1 Å². The summed E-state index contributed by atoms with van der Waals surface area (Å²) < 4.78 is 11.1. The first-order chi connectivity index (χ1) is 11.1. The minimum Gasteiger partial charge on any atom is -0.479 e. The number of carboxylic acid groups (broad SMARTS) is 1. The molecule has 0 amide bonds. The molecule has 1 aliphatic rings. The molecule has 0 radical (unpaired) electrons. The minimum absolute atomic E-state index is 0.169. The molecule has 0 bridgehead atoms. The molecule has 1 fully saturated rings. The van der Waals surface area contributed by atoms with Crippen molar-refractivity contribution in [2.75, 3.05) is 11.9 Å². The summed E-state index contributed by atoms with van der Waals surface area (Å²) in [6.45, 7) is 0. The van der Waals surface area contributed by atoms with Crippen LogP contribution >= 0.6 is 20.2 Å². The summed E-state index contributed by atoms with van der Waals surface area (Å²) in [7, 11) is -0.325. The van der Waals surface area contributed by atoms with Crippen molar-refractivity contribution in [1.82, 2.24) is 0 Å². The lowest BCUT2D eigenvalue weighted by atomic mass is 9.73. The first-order valence-electron chi connectivity index (χ1n) is 8.00. The Balaban J connectivity index is 2.19. The van der Waals surface area contributed by atoms with E-state index in [9.17, 15) is 19.6 Å². The van der Waals surface area contributed by atoms with Gasteiger partial charge in [-0.05, 0) is 18.1 Å². The Kier molecular flexibility index (Phi) is 7.07. The van der Waals surface area contributed by atoms with Crippen LogP contribution in [0, 0.1) is 11.8 Å². The van der Waals surface area contributed by atoms with E-state index in [1.165, 1.54) is 6.42 Å². The molecule has 2 N–H and O–H groups in total. The number of carboxylic acids is 1. The van der Waals surface area contributed by atoms with E-state index in [2.05, 4.69) is 0 Å². The number of benzene rings is 1. The highest BCUT2D eigenvalue weighted by Gasteiger charge is 2.47. The molecule has 0 aliphatic heterocycles. The molecule has 2 rings (SSSR count). The van der Waals surface area contributed by atoms with Gasteiger partial charge in [-0.15, -0.1) is 11.8 Å². The van der Waals surface area contributed by atoms with Gasteiger partial charge >= 0.3 is 5.97 Å². The molecule has 1 aromatic rings. The Labute approximate surface area is 142 Å². The molecular formula is C17H23O4PS. The summed E-state index contributed by atoms with van der Waals surface area (Å²) in [6, 6.07) is 9.78. The average Bonchev–Trinajstić information content (AvgIpc) is 2.57. The highest BCUT2D eigenvalue weighted by Crippen LogP contribution is 2.40. The van der Waals surface area contributed by atoms with E-state index in [4.69, 9.17) is 0 Å². The van der Waals surface area contributed by atoms with E-state index in [-0.39, 0.29) is 20.5 Å². The van der Waals surface area contributed by atoms with Gasteiger partial charge in [-0.2, -0.15) is 0 Å². The van der Waals surface area contributed by atoms with E-state index in [1.54, 1.807) is 11.8 Å². The van der Waals surface area contributed by atoms with Crippen LogP contribution in [0.25, 0.3) is 0 Å². The lowest BCUT2D eigenvalue weighted by molar-refractivity contribution is -0.163. The van der Waals surface area contributed by atoms with E-state index in [0.717, 1.165) is 30.6 Å². The molecule has 0 aromatic heterocycles. The maximum Gasteiger partial charge on any atom is 0.336 e. The van der Waals surface area contributed by atoms with Crippen LogP contribution in [-0.2, 0) is 9.36 Å². The third kappa shape index (κ3) is 4.79. The molecule has 1 saturated carbocycles. The fourth-order valence-corrected chi connectivity index (χ4v) is 5.18. The maximum absolute atomic E-state index is 11.7. The summed E-state index contributed by atoms with van der Waals surface area (Å²) in [5.41, 5.74) is -1.92. The Morgan fingerprint density at radius 3 is 2.48 bits per heavy atom. The number of aliphatic carboxylic acids is 1. The molecule has 2 unspecified atom stereocenters. The largest absolute Gasteiger partial charge is 0.479 e. The Bertz CT molecular complexity index is 519. The fraction of sp³-hybridized carbons (Fsp3) is 0.588. The number of hydrogen-bond acceptors (Lipinski definition) is 4. The highest BCUT2D eigenvalue weighted by molar-refractivity contribution is 7.99. The van der Waals surface area contributed by atoms with Crippen LogP contribution < -0.4 is 0 Å². The maximum atomic E-state index is 11.7. The fourth-order valence-electron chi connectivity index (χ4n) is 3.35. The first kappa shape index (κ1) is 18.4. The predicted molar refractivity (Wildman–Crippen MR) is 92.3 cm³/mol. The SMILES string of the molecule is O=PCC(O)(C(=O)O)C(CSc1ccccc1)C1CCCCC1. The van der Waals surface area contributed by atoms with Crippen molar-refractivity contribution in [3.05, 3.63) is 30.3 Å². The monoisotopic (exact) mass is 354 g/mol. The number of rotatable bonds is 8. The minimum atomic E-state index is -1.92. The van der Waals surface area contributed by atoms with Crippen LogP contribution in [0.2, 0.25) is 0 Å². The third-order valence-corrected chi connectivity index (χ3v) is 6.42. The third-order valence-electron chi connectivity index (χ3n) is 4.68. The average molecular weight is 354 g/mol. The van der Waals surface area contributed by atoms with Crippen molar-refractivity contribution in [2.45, 2.75) is 42.6 Å². The zero-order valence-corrected chi connectivity index (χ0v) is 14.8. The lowest BCUT2D eigenvalue weighted by Gasteiger charge is -2.38. The normalized spacial score (nSPS) is 20.0. The highest BCUT2D eigenvalue weighted by atomic mass is 32.2. The van der Waals surface area contributed by atoms with E-state index in [0.29, 0.717) is 5.75 Å². The molecule has 23 heavy (non-hydrogen) atoms. The summed E-state index contributed by atoms with van der Waals surface area (Å²) >= 11 is 1.56. The second kappa shape index (κ2) is 8.81. The molecule has 0 heterocycles. The van der Waals surface area contributed by atoms with Crippen molar-refractivity contribution >= 4 is 26.2 Å². The summed E-state index contributed by atoms with van der Waals surface area (Å²) in [4.78, 5) is 12.8. The Morgan fingerprint density at radius 2 is 1.91 bits per heavy atom. The van der Waals surface area contributed by atoms with Gasteiger partial charge in [0.1, 0.15) is 0 Å². The van der Waals surface area contributed by atoms with Crippen molar-refractivity contribution in [3.8, 4) is 0 Å². The number of hydrogen-bond donors (Lipinski definition) is 2. The van der Waals surface area contributed by atoms with Gasteiger partial charge in [-0.3, -0.25) is 4.57 Å². The van der Waals surface area contributed by atoms with E-state index in [1.807, 2.05) is 30.3 Å². The van der Waals surface area contributed by atoms with Crippen LogP contribution in [0.1, 0.15) is 32.1 Å². The number of carbonyl (C=O) groups is 1. The molecule has 2 atom stereocenters. The second-order valence-electron chi connectivity index (χ2n) is 6.15. The van der Waals surface area contributed by atoms with Crippen LogP contribution in [0.5, 0.6) is 0 Å². The summed E-state index contributed by atoms with van der Waals surface area (Å²) in [6.07, 6.45) is 4.93. The summed E-state index contributed by atoms with van der Waals surface area (Å²) in [5, 5.41) is 20.3. The Hall–Kier alpha value is -0.900. The molecule has 126 valence electrons. The number of thioether (sulfide) groups is 1. The van der Waals surface area contributed by atoms with Crippen LogP contribution in [0.3, 0.4) is 0 Å². The van der Waals surface area contributed by atoms with Crippen LogP contribution in [0.4, 0.5) is 0 Å². The molecule has 1 aliphatic carbocycles.